The second-order valence-corrected chi connectivity index (χ2v) is 7.49. The minimum atomic E-state index is -0.205. The molecule has 1 aromatic heterocycles. The second kappa shape index (κ2) is 9.57. The van der Waals surface area contributed by atoms with E-state index in [2.05, 4.69) is 20.4 Å². The maximum atomic E-state index is 12.3. The van der Waals surface area contributed by atoms with E-state index in [4.69, 9.17) is 9.47 Å². The standard InChI is InChI=1S/C24H26N4O3/c1-17-4-3-5-22(18(17)2)31-16-24(29)25-20-8-6-19(7-9-20)21-10-11-23(27-26-21)28-12-14-30-15-13-28/h3-11H,12-16H2,1-2H3,(H,25,29). The van der Waals surface area contributed by atoms with Gasteiger partial charge in [-0.05, 0) is 55.3 Å². The van der Waals surface area contributed by atoms with E-state index >= 15 is 0 Å². The molecular formula is C24H26N4O3. The van der Waals surface area contributed by atoms with Gasteiger partial charge in [0.25, 0.3) is 5.91 Å². The first-order valence-corrected chi connectivity index (χ1v) is 10.4. The van der Waals surface area contributed by atoms with Crippen molar-refractivity contribution in [1.29, 1.82) is 0 Å². The Labute approximate surface area is 182 Å². The molecule has 1 N–H and O–H groups in total. The molecule has 2 heterocycles. The Bertz CT molecular complexity index is 1030. The van der Waals surface area contributed by atoms with E-state index < -0.39 is 0 Å². The van der Waals surface area contributed by atoms with Gasteiger partial charge in [0.1, 0.15) is 5.75 Å². The molecule has 1 aliphatic heterocycles. The number of aromatic nitrogens is 2. The molecule has 160 valence electrons. The number of hydrogen-bond acceptors (Lipinski definition) is 6. The fraction of sp³-hybridized carbons (Fsp3) is 0.292. The van der Waals surface area contributed by atoms with Crippen molar-refractivity contribution in [3.05, 3.63) is 65.7 Å². The quantitative estimate of drug-likeness (QED) is 0.659. The number of rotatable bonds is 6. The van der Waals surface area contributed by atoms with Gasteiger partial charge in [-0.25, -0.2) is 0 Å². The molecular weight excluding hydrogens is 392 g/mol. The van der Waals surface area contributed by atoms with Crippen molar-refractivity contribution in [1.82, 2.24) is 10.2 Å². The molecule has 0 spiro atoms. The van der Waals surface area contributed by atoms with Crippen LogP contribution in [0.2, 0.25) is 0 Å². The van der Waals surface area contributed by atoms with Gasteiger partial charge in [-0.1, -0.05) is 24.3 Å². The summed E-state index contributed by atoms with van der Waals surface area (Å²) in [6.07, 6.45) is 0. The summed E-state index contributed by atoms with van der Waals surface area (Å²) in [6.45, 7) is 7.05. The van der Waals surface area contributed by atoms with E-state index in [0.29, 0.717) is 18.9 Å². The number of carbonyl (C=O) groups is 1. The van der Waals surface area contributed by atoms with Crippen LogP contribution in [0.25, 0.3) is 11.3 Å². The molecule has 7 nitrogen and oxygen atoms in total. The van der Waals surface area contributed by atoms with Gasteiger partial charge in [-0.15, -0.1) is 10.2 Å². The van der Waals surface area contributed by atoms with Gasteiger partial charge in [0.05, 0.1) is 18.9 Å². The van der Waals surface area contributed by atoms with Crippen molar-refractivity contribution in [2.75, 3.05) is 43.1 Å². The Hall–Kier alpha value is -3.45. The third kappa shape index (κ3) is 5.19. The van der Waals surface area contributed by atoms with E-state index in [1.807, 2.05) is 68.4 Å². The van der Waals surface area contributed by atoms with Crippen LogP contribution in [0.15, 0.2) is 54.6 Å². The van der Waals surface area contributed by atoms with E-state index in [-0.39, 0.29) is 12.5 Å². The number of aryl methyl sites for hydroxylation is 1. The zero-order valence-corrected chi connectivity index (χ0v) is 17.8. The molecule has 7 heteroatoms. The third-order valence-electron chi connectivity index (χ3n) is 5.36. The molecule has 0 saturated carbocycles. The summed E-state index contributed by atoms with van der Waals surface area (Å²) >= 11 is 0. The number of benzene rings is 2. The molecule has 4 rings (SSSR count). The number of morpholine rings is 1. The van der Waals surface area contributed by atoms with E-state index in [0.717, 1.165) is 47.0 Å². The lowest BCUT2D eigenvalue weighted by molar-refractivity contribution is -0.118. The fourth-order valence-corrected chi connectivity index (χ4v) is 3.39. The minimum absolute atomic E-state index is 0.0411. The summed E-state index contributed by atoms with van der Waals surface area (Å²) < 4.78 is 11.0. The normalized spacial score (nSPS) is 13.7. The van der Waals surface area contributed by atoms with Crippen LogP contribution in [0.4, 0.5) is 11.5 Å². The molecule has 3 aromatic rings. The molecule has 1 saturated heterocycles. The highest BCUT2D eigenvalue weighted by molar-refractivity contribution is 5.92. The predicted octanol–water partition coefficient (Wildman–Crippen LogP) is 3.61. The van der Waals surface area contributed by atoms with Crippen LogP contribution in [0.5, 0.6) is 5.75 Å². The van der Waals surface area contributed by atoms with E-state index in [9.17, 15) is 4.79 Å². The Morgan fingerprint density at radius 3 is 2.52 bits per heavy atom. The van der Waals surface area contributed by atoms with Gasteiger partial charge < -0.3 is 19.7 Å². The van der Waals surface area contributed by atoms with Crippen LogP contribution < -0.4 is 15.0 Å². The first-order valence-electron chi connectivity index (χ1n) is 10.4. The SMILES string of the molecule is Cc1cccc(OCC(=O)Nc2ccc(-c3ccc(N4CCOCC4)nn3)cc2)c1C. The lowest BCUT2D eigenvalue weighted by atomic mass is 10.1. The number of nitrogens with zero attached hydrogens (tertiary/aromatic N) is 3. The topological polar surface area (TPSA) is 76.6 Å². The number of ether oxygens (including phenoxy) is 2. The molecule has 0 radical (unpaired) electrons. The summed E-state index contributed by atoms with van der Waals surface area (Å²) in [5.74, 6) is 1.38. The zero-order chi connectivity index (χ0) is 21.6. The molecule has 0 unspecified atom stereocenters. The largest absolute Gasteiger partial charge is 0.483 e. The molecule has 0 atom stereocenters. The van der Waals surface area contributed by atoms with Crippen LogP contribution in [-0.4, -0.2) is 49.0 Å². The summed E-state index contributed by atoms with van der Waals surface area (Å²) in [7, 11) is 0. The number of hydrogen-bond donors (Lipinski definition) is 1. The highest BCUT2D eigenvalue weighted by Crippen LogP contribution is 2.22. The van der Waals surface area contributed by atoms with E-state index in [1.165, 1.54) is 0 Å². The minimum Gasteiger partial charge on any atom is -0.483 e. The molecule has 1 fully saturated rings. The number of amides is 1. The Balaban J connectivity index is 1.33. The summed E-state index contributed by atoms with van der Waals surface area (Å²) in [4.78, 5) is 14.4. The van der Waals surface area contributed by atoms with Gasteiger partial charge in [-0.2, -0.15) is 0 Å². The highest BCUT2D eigenvalue weighted by Gasteiger charge is 2.13. The number of anilines is 2. The maximum Gasteiger partial charge on any atom is 0.262 e. The molecule has 1 amide bonds. The van der Waals surface area contributed by atoms with Crippen molar-refractivity contribution in [2.24, 2.45) is 0 Å². The molecule has 2 aromatic carbocycles. The Kier molecular flexibility index (Phi) is 6.43. The van der Waals surface area contributed by atoms with Crippen molar-refractivity contribution >= 4 is 17.4 Å². The molecule has 0 aliphatic carbocycles. The Morgan fingerprint density at radius 1 is 1.03 bits per heavy atom. The fourth-order valence-electron chi connectivity index (χ4n) is 3.39. The summed E-state index contributed by atoms with van der Waals surface area (Å²) in [5.41, 5.74) is 4.60. The van der Waals surface area contributed by atoms with Gasteiger partial charge >= 0.3 is 0 Å². The molecule has 0 bridgehead atoms. The lowest BCUT2D eigenvalue weighted by Crippen LogP contribution is -2.36. The summed E-state index contributed by atoms with van der Waals surface area (Å²) in [6, 6.07) is 17.3. The molecule has 1 aliphatic rings. The van der Waals surface area contributed by atoms with Gasteiger partial charge in [0.15, 0.2) is 12.4 Å². The van der Waals surface area contributed by atoms with Gasteiger partial charge in [-0.3, -0.25) is 4.79 Å². The van der Waals surface area contributed by atoms with Crippen molar-refractivity contribution in [2.45, 2.75) is 13.8 Å². The van der Waals surface area contributed by atoms with E-state index in [1.54, 1.807) is 0 Å². The van der Waals surface area contributed by atoms with Crippen molar-refractivity contribution in [3.63, 3.8) is 0 Å². The summed E-state index contributed by atoms with van der Waals surface area (Å²) in [5, 5.41) is 11.6. The first kappa shape index (κ1) is 20.8. The predicted molar refractivity (Wildman–Crippen MR) is 121 cm³/mol. The first-order chi connectivity index (χ1) is 15.1. The van der Waals surface area contributed by atoms with Crippen molar-refractivity contribution < 1.29 is 14.3 Å². The van der Waals surface area contributed by atoms with Crippen LogP contribution in [0.1, 0.15) is 11.1 Å². The van der Waals surface area contributed by atoms with Gasteiger partial charge in [0.2, 0.25) is 0 Å². The van der Waals surface area contributed by atoms with Crippen LogP contribution >= 0.6 is 0 Å². The lowest BCUT2D eigenvalue weighted by Gasteiger charge is -2.27. The number of carbonyl (C=O) groups excluding carboxylic acids is 1. The van der Waals surface area contributed by atoms with Crippen LogP contribution in [0.3, 0.4) is 0 Å². The average molecular weight is 418 g/mol. The van der Waals surface area contributed by atoms with Crippen LogP contribution in [0, 0.1) is 13.8 Å². The zero-order valence-electron chi connectivity index (χ0n) is 17.8. The smallest absolute Gasteiger partial charge is 0.262 e. The third-order valence-corrected chi connectivity index (χ3v) is 5.36. The second-order valence-electron chi connectivity index (χ2n) is 7.49. The molecule has 31 heavy (non-hydrogen) atoms. The highest BCUT2D eigenvalue weighted by atomic mass is 16.5. The monoisotopic (exact) mass is 418 g/mol. The Morgan fingerprint density at radius 2 is 1.81 bits per heavy atom. The van der Waals surface area contributed by atoms with Crippen LogP contribution in [-0.2, 0) is 9.53 Å². The number of nitrogens with one attached hydrogen (secondary N) is 1. The van der Waals surface area contributed by atoms with Gasteiger partial charge in [0, 0.05) is 24.3 Å². The maximum absolute atomic E-state index is 12.3. The average Bonchev–Trinajstić information content (AvgIpc) is 2.81. The van der Waals surface area contributed by atoms with Crippen molar-refractivity contribution in [3.8, 4) is 17.0 Å².